The van der Waals surface area contributed by atoms with E-state index in [2.05, 4.69) is 22.2 Å². The van der Waals surface area contributed by atoms with Crippen LogP contribution in [0.5, 0.6) is 0 Å². The Morgan fingerprint density at radius 1 is 0.903 bits per heavy atom. The summed E-state index contributed by atoms with van der Waals surface area (Å²) in [7, 11) is 2.12. The number of carbonyl (C=O) groups is 1. The maximum atomic E-state index is 12.6. The van der Waals surface area contributed by atoms with E-state index in [0.29, 0.717) is 11.3 Å². The SMILES string of the molecule is CN1CCN(c2ccc(Nc3ccc(C(=O)c4ccccc4)cc3[N+](=O)[O-])cc2)CC1. The first-order valence-electron chi connectivity index (χ1n) is 10.2. The van der Waals surface area contributed by atoms with E-state index >= 15 is 0 Å². The van der Waals surface area contributed by atoms with Crippen molar-refractivity contribution in [3.63, 3.8) is 0 Å². The summed E-state index contributed by atoms with van der Waals surface area (Å²) in [6.07, 6.45) is 0. The van der Waals surface area contributed by atoms with Crippen molar-refractivity contribution in [1.82, 2.24) is 4.90 Å². The van der Waals surface area contributed by atoms with Crippen LogP contribution in [0.2, 0.25) is 0 Å². The minimum absolute atomic E-state index is 0.134. The number of anilines is 3. The number of nitrogens with one attached hydrogen (secondary N) is 1. The van der Waals surface area contributed by atoms with Crippen molar-refractivity contribution in [2.24, 2.45) is 0 Å². The molecule has 7 nitrogen and oxygen atoms in total. The number of ketones is 1. The number of hydrogen-bond donors (Lipinski definition) is 1. The van der Waals surface area contributed by atoms with Gasteiger partial charge in [-0.05, 0) is 43.4 Å². The van der Waals surface area contributed by atoms with Crippen LogP contribution in [0.25, 0.3) is 0 Å². The van der Waals surface area contributed by atoms with Gasteiger partial charge in [0.1, 0.15) is 5.69 Å². The van der Waals surface area contributed by atoms with Crippen LogP contribution in [0.3, 0.4) is 0 Å². The molecule has 1 heterocycles. The van der Waals surface area contributed by atoms with E-state index in [9.17, 15) is 14.9 Å². The molecule has 0 spiro atoms. The predicted octanol–water partition coefficient (Wildman–Crippen LogP) is 4.32. The molecule has 158 valence electrons. The van der Waals surface area contributed by atoms with Crippen molar-refractivity contribution < 1.29 is 9.72 Å². The zero-order chi connectivity index (χ0) is 21.8. The Balaban J connectivity index is 1.53. The fourth-order valence-electron chi connectivity index (χ4n) is 3.66. The van der Waals surface area contributed by atoms with E-state index in [1.807, 2.05) is 30.3 Å². The van der Waals surface area contributed by atoms with Crippen molar-refractivity contribution in [3.05, 3.63) is 94.0 Å². The second-order valence-corrected chi connectivity index (χ2v) is 7.65. The number of rotatable bonds is 6. The lowest BCUT2D eigenvalue weighted by atomic mass is 10.0. The van der Waals surface area contributed by atoms with Gasteiger partial charge in [-0.3, -0.25) is 14.9 Å². The summed E-state index contributed by atoms with van der Waals surface area (Å²) in [5, 5.41) is 14.8. The Kier molecular flexibility index (Phi) is 5.95. The van der Waals surface area contributed by atoms with E-state index < -0.39 is 4.92 Å². The van der Waals surface area contributed by atoms with Crippen LogP contribution >= 0.6 is 0 Å². The molecule has 1 N–H and O–H groups in total. The monoisotopic (exact) mass is 416 g/mol. The third-order valence-corrected chi connectivity index (χ3v) is 5.51. The van der Waals surface area contributed by atoms with Gasteiger partial charge in [0.2, 0.25) is 0 Å². The van der Waals surface area contributed by atoms with Gasteiger partial charge in [-0.1, -0.05) is 30.3 Å². The van der Waals surface area contributed by atoms with E-state index in [4.69, 9.17) is 0 Å². The molecule has 0 atom stereocenters. The summed E-state index contributed by atoms with van der Waals surface area (Å²) in [6.45, 7) is 4.01. The summed E-state index contributed by atoms with van der Waals surface area (Å²) in [4.78, 5) is 28.5. The summed E-state index contributed by atoms with van der Waals surface area (Å²) in [5.41, 5.74) is 2.89. The van der Waals surface area contributed by atoms with E-state index in [1.54, 1.807) is 36.4 Å². The van der Waals surface area contributed by atoms with Crippen LogP contribution in [0.4, 0.5) is 22.7 Å². The van der Waals surface area contributed by atoms with Crippen LogP contribution in [-0.2, 0) is 0 Å². The van der Waals surface area contributed by atoms with Gasteiger partial charge in [0, 0.05) is 54.7 Å². The Morgan fingerprint density at radius 3 is 2.23 bits per heavy atom. The largest absolute Gasteiger partial charge is 0.369 e. The molecule has 0 aliphatic carbocycles. The number of piperazine rings is 1. The lowest BCUT2D eigenvalue weighted by Gasteiger charge is -2.34. The average molecular weight is 416 g/mol. The van der Waals surface area contributed by atoms with Crippen molar-refractivity contribution in [1.29, 1.82) is 0 Å². The first kappa shape index (κ1) is 20.6. The van der Waals surface area contributed by atoms with Crippen LogP contribution in [-0.4, -0.2) is 48.8 Å². The third-order valence-electron chi connectivity index (χ3n) is 5.51. The maximum absolute atomic E-state index is 12.6. The standard InChI is InChI=1S/C24H24N4O3/c1-26-13-15-27(16-14-26)21-10-8-20(9-11-21)25-22-12-7-19(17-23(22)28(30)31)24(29)18-5-3-2-4-6-18/h2-12,17,25H,13-16H2,1H3. The van der Waals surface area contributed by atoms with Gasteiger partial charge in [-0.25, -0.2) is 0 Å². The van der Waals surface area contributed by atoms with Crippen LogP contribution in [0.1, 0.15) is 15.9 Å². The zero-order valence-corrected chi connectivity index (χ0v) is 17.3. The lowest BCUT2D eigenvalue weighted by Crippen LogP contribution is -2.44. The molecule has 3 aromatic carbocycles. The molecule has 3 aromatic rings. The topological polar surface area (TPSA) is 78.7 Å². The van der Waals surface area contributed by atoms with Crippen LogP contribution in [0.15, 0.2) is 72.8 Å². The molecular formula is C24H24N4O3. The van der Waals surface area contributed by atoms with Gasteiger partial charge in [0.15, 0.2) is 5.78 Å². The molecular weight excluding hydrogens is 392 g/mol. The summed E-state index contributed by atoms with van der Waals surface area (Å²) < 4.78 is 0. The fourth-order valence-corrected chi connectivity index (χ4v) is 3.66. The van der Waals surface area contributed by atoms with Crippen LogP contribution < -0.4 is 10.2 Å². The minimum atomic E-state index is -0.470. The number of benzene rings is 3. The van der Waals surface area contributed by atoms with E-state index in [0.717, 1.165) is 37.6 Å². The summed E-state index contributed by atoms with van der Waals surface area (Å²) in [5.74, 6) is -0.244. The molecule has 1 fully saturated rings. The molecule has 4 rings (SSSR count). The van der Waals surface area contributed by atoms with Gasteiger partial charge in [-0.15, -0.1) is 0 Å². The minimum Gasteiger partial charge on any atom is -0.369 e. The zero-order valence-electron chi connectivity index (χ0n) is 17.3. The molecule has 7 heteroatoms. The van der Waals surface area contributed by atoms with E-state index in [1.165, 1.54) is 6.07 Å². The van der Waals surface area contributed by atoms with Crippen molar-refractivity contribution in [3.8, 4) is 0 Å². The van der Waals surface area contributed by atoms with Gasteiger partial charge in [0.05, 0.1) is 4.92 Å². The molecule has 0 radical (unpaired) electrons. The third kappa shape index (κ3) is 4.73. The number of carbonyl (C=O) groups excluding carboxylic acids is 1. The van der Waals surface area contributed by atoms with Crippen molar-refractivity contribution >= 4 is 28.5 Å². The first-order valence-corrected chi connectivity index (χ1v) is 10.2. The molecule has 0 unspecified atom stereocenters. The number of nitrogens with zero attached hydrogens (tertiary/aromatic N) is 3. The Bertz CT molecular complexity index is 1080. The first-order chi connectivity index (χ1) is 15.0. The quantitative estimate of drug-likeness (QED) is 0.366. The molecule has 1 saturated heterocycles. The fraction of sp³-hybridized carbons (Fsp3) is 0.208. The van der Waals surface area contributed by atoms with Crippen molar-refractivity contribution in [2.75, 3.05) is 43.4 Å². The average Bonchev–Trinajstić information content (AvgIpc) is 2.80. The maximum Gasteiger partial charge on any atom is 0.293 e. The number of nitro groups is 1. The molecule has 0 amide bonds. The van der Waals surface area contributed by atoms with Gasteiger partial charge < -0.3 is 15.1 Å². The molecule has 0 bridgehead atoms. The summed E-state index contributed by atoms with van der Waals surface area (Å²) >= 11 is 0. The molecule has 1 aliphatic rings. The Labute approximate surface area is 181 Å². The summed E-state index contributed by atoms with van der Waals surface area (Å²) in [6, 6.07) is 21.2. The van der Waals surface area contributed by atoms with Crippen molar-refractivity contribution in [2.45, 2.75) is 0 Å². The highest BCUT2D eigenvalue weighted by Gasteiger charge is 2.19. The number of nitro benzene ring substituents is 1. The molecule has 0 saturated carbocycles. The van der Waals surface area contributed by atoms with Gasteiger partial charge in [0.25, 0.3) is 5.69 Å². The van der Waals surface area contributed by atoms with Crippen LogP contribution in [0, 0.1) is 10.1 Å². The van der Waals surface area contributed by atoms with Gasteiger partial charge >= 0.3 is 0 Å². The molecule has 31 heavy (non-hydrogen) atoms. The highest BCUT2D eigenvalue weighted by Crippen LogP contribution is 2.30. The molecule has 1 aliphatic heterocycles. The second kappa shape index (κ2) is 8.97. The Morgan fingerprint density at radius 2 is 1.58 bits per heavy atom. The second-order valence-electron chi connectivity index (χ2n) is 7.65. The Hall–Kier alpha value is -3.71. The highest BCUT2D eigenvalue weighted by atomic mass is 16.6. The highest BCUT2D eigenvalue weighted by molar-refractivity contribution is 6.09. The predicted molar refractivity (Wildman–Crippen MR) is 122 cm³/mol. The van der Waals surface area contributed by atoms with E-state index in [-0.39, 0.29) is 17.0 Å². The normalized spacial score (nSPS) is 14.3. The molecule has 0 aromatic heterocycles. The lowest BCUT2D eigenvalue weighted by molar-refractivity contribution is -0.383. The smallest absolute Gasteiger partial charge is 0.293 e. The number of likely N-dealkylation sites (N-methyl/N-ethyl adjacent to an activating group) is 1. The number of hydrogen-bond acceptors (Lipinski definition) is 6. The van der Waals surface area contributed by atoms with Gasteiger partial charge in [-0.2, -0.15) is 0 Å².